The van der Waals surface area contributed by atoms with Crippen LogP contribution in [0, 0.1) is 0 Å². The summed E-state index contributed by atoms with van der Waals surface area (Å²) in [5, 5.41) is 0. The van der Waals surface area contributed by atoms with Crippen molar-refractivity contribution in [3.63, 3.8) is 0 Å². The molecule has 1 fully saturated rings. The van der Waals surface area contributed by atoms with Crippen LogP contribution >= 0.6 is 0 Å². The highest BCUT2D eigenvalue weighted by Gasteiger charge is 2.23. The molecule has 0 radical (unpaired) electrons. The van der Waals surface area contributed by atoms with Gasteiger partial charge in [-0.2, -0.15) is 0 Å². The van der Waals surface area contributed by atoms with Crippen molar-refractivity contribution in [3.05, 3.63) is 99.0 Å². The van der Waals surface area contributed by atoms with Gasteiger partial charge in [0.15, 0.2) is 11.2 Å². The maximum Gasteiger partial charge on any atom is 0.333 e. The number of nitrogens with zero attached hydrogens (tertiary/aromatic N) is 5. The first-order valence-electron chi connectivity index (χ1n) is 11.7. The zero-order valence-electron chi connectivity index (χ0n) is 19.0. The van der Waals surface area contributed by atoms with Crippen molar-refractivity contribution >= 4 is 17.1 Å². The smallest absolute Gasteiger partial charge is 0.333 e. The van der Waals surface area contributed by atoms with E-state index >= 15 is 0 Å². The molecule has 0 spiro atoms. The van der Waals surface area contributed by atoms with Gasteiger partial charge >= 0.3 is 5.69 Å². The van der Waals surface area contributed by atoms with Gasteiger partial charge in [-0.05, 0) is 30.4 Å². The Labute approximate surface area is 196 Å². The molecule has 2 aromatic heterocycles. The van der Waals surface area contributed by atoms with Crippen molar-refractivity contribution in [2.45, 2.75) is 38.9 Å². The van der Waals surface area contributed by atoms with Crippen molar-refractivity contribution in [1.29, 1.82) is 0 Å². The Morgan fingerprint density at radius 2 is 1.41 bits per heavy atom. The van der Waals surface area contributed by atoms with Crippen LogP contribution < -0.4 is 11.2 Å². The van der Waals surface area contributed by atoms with Crippen LogP contribution in [0.25, 0.3) is 11.2 Å². The second-order valence-corrected chi connectivity index (χ2v) is 8.72. The molecule has 3 heterocycles. The summed E-state index contributed by atoms with van der Waals surface area (Å²) in [6.45, 7) is 1.77. The summed E-state index contributed by atoms with van der Waals surface area (Å²) < 4.78 is 4.33. The Morgan fingerprint density at radius 3 is 2.06 bits per heavy atom. The Kier molecular flexibility index (Phi) is 6.12. The van der Waals surface area contributed by atoms with Crippen LogP contribution in [0.15, 0.2) is 76.6 Å². The van der Waals surface area contributed by atoms with E-state index in [0.717, 1.165) is 35.0 Å². The molecule has 0 N–H and O–H groups in total. The number of amides is 1. The molecule has 0 atom stereocenters. The Hall–Kier alpha value is -3.94. The molecule has 0 saturated carbocycles. The highest BCUT2D eigenvalue weighted by atomic mass is 16.2. The number of hydrogen-bond acceptors (Lipinski definition) is 4. The number of aromatic nitrogens is 4. The number of fused-ring (bicyclic) bond motifs is 1. The fourth-order valence-corrected chi connectivity index (χ4v) is 4.57. The number of carbonyl (C=O) groups excluding carboxylic acids is 1. The maximum absolute atomic E-state index is 13.6. The summed E-state index contributed by atoms with van der Waals surface area (Å²) in [7, 11) is 0. The standard InChI is InChI=1S/C26H27N5O3/c32-22(28-14-8-3-9-15-28)18-31-25(33)23-24(27-19-29(23)16-20-10-4-1-5-11-20)30(26(31)34)17-21-12-6-2-7-13-21/h1-2,4-7,10-13,19H,3,8-9,14-18H2. The van der Waals surface area contributed by atoms with Gasteiger partial charge in [0.1, 0.15) is 6.54 Å². The van der Waals surface area contributed by atoms with E-state index in [9.17, 15) is 14.4 Å². The third kappa shape index (κ3) is 4.31. The number of likely N-dealkylation sites (tertiary alicyclic amines) is 1. The van der Waals surface area contributed by atoms with Gasteiger partial charge in [-0.15, -0.1) is 0 Å². The van der Waals surface area contributed by atoms with E-state index in [2.05, 4.69) is 4.98 Å². The largest absolute Gasteiger partial charge is 0.341 e. The molecule has 174 valence electrons. The summed E-state index contributed by atoms with van der Waals surface area (Å²) in [6.07, 6.45) is 4.58. The van der Waals surface area contributed by atoms with Crippen LogP contribution in [-0.4, -0.2) is 42.6 Å². The van der Waals surface area contributed by atoms with E-state index in [1.165, 1.54) is 4.57 Å². The van der Waals surface area contributed by atoms with E-state index in [1.807, 2.05) is 60.7 Å². The molecule has 1 aliphatic rings. The highest BCUT2D eigenvalue weighted by Crippen LogP contribution is 2.13. The number of carbonyl (C=O) groups is 1. The van der Waals surface area contributed by atoms with Gasteiger partial charge < -0.3 is 9.47 Å². The van der Waals surface area contributed by atoms with Gasteiger partial charge in [0, 0.05) is 19.6 Å². The molecule has 1 amide bonds. The van der Waals surface area contributed by atoms with Crippen LogP contribution in [0.1, 0.15) is 30.4 Å². The lowest BCUT2D eigenvalue weighted by Gasteiger charge is -2.26. The van der Waals surface area contributed by atoms with Gasteiger partial charge in [-0.25, -0.2) is 14.3 Å². The minimum Gasteiger partial charge on any atom is -0.341 e. The number of rotatable bonds is 6. The van der Waals surface area contributed by atoms with Crippen molar-refractivity contribution in [3.8, 4) is 0 Å². The molecule has 0 aliphatic carbocycles. The lowest BCUT2D eigenvalue weighted by atomic mass is 10.1. The summed E-state index contributed by atoms with van der Waals surface area (Å²) >= 11 is 0. The molecular weight excluding hydrogens is 430 g/mol. The van der Waals surface area contributed by atoms with Crippen LogP contribution in [0.5, 0.6) is 0 Å². The van der Waals surface area contributed by atoms with Crippen molar-refractivity contribution < 1.29 is 4.79 Å². The Morgan fingerprint density at radius 1 is 0.794 bits per heavy atom. The van der Waals surface area contributed by atoms with E-state index in [4.69, 9.17) is 0 Å². The average molecular weight is 458 g/mol. The van der Waals surface area contributed by atoms with Crippen LogP contribution in [0.3, 0.4) is 0 Å². The van der Waals surface area contributed by atoms with Crippen molar-refractivity contribution in [1.82, 2.24) is 23.6 Å². The fourth-order valence-electron chi connectivity index (χ4n) is 4.57. The van der Waals surface area contributed by atoms with E-state index in [0.29, 0.717) is 30.8 Å². The van der Waals surface area contributed by atoms with E-state index in [-0.39, 0.29) is 19.0 Å². The molecule has 34 heavy (non-hydrogen) atoms. The number of piperidine rings is 1. The fraction of sp³-hybridized carbons (Fsp3) is 0.308. The molecule has 1 aliphatic heterocycles. The number of hydrogen-bond donors (Lipinski definition) is 0. The molecule has 8 nitrogen and oxygen atoms in total. The number of imidazole rings is 1. The lowest BCUT2D eigenvalue weighted by molar-refractivity contribution is -0.132. The average Bonchev–Trinajstić information content (AvgIpc) is 3.29. The minimum absolute atomic E-state index is 0.196. The van der Waals surface area contributed by atoms with Crippen molar-refractivity contribution in [2.24, 2.45) is 0 Å². The lowest BCUT2D eigenvalue weighted by Crippen LogP contribution is -2.46. The quantitative estimate of drug-likeness (QED) is 0.445. The Balaban J connectivity index is 1.62. The molecular formula is C26H27N5O3. The molecule has 4 aromatic rings. The predicted molar refractivity (Wildman–Crippen MR) is 130 cm³/mol. The maximum atomic E-state index is 13.6. The van der Waals surface area contributed by atoms with Crippen LogP contribution in [0.2, 0.25) is 0 Å². The van der Waals surface area contributed by atoms with Crippen LogP contribution in [-0.2, 0) is 24.4 Å². The monoisotopic (exact) mass is 457 g/mol. The second-order valence-electron chi connectivity index (χ2n) is 8.72. The highest BCUT2D eigenvalue weighted by molar-refractivity contribution is 5.77. The topological polar surface area (TPSA) is 82.1 Å². The SMILES string of the molecule is O=C(Cn1c(=O)c2c(ncn2Cc2ccccc2)n(Cc2ccccc2)c1=O)N1CCCCC1. The molecule has 5 rings (SSSR count). The Bertz CT molecular complexity index is 1410. The number of benzene rings is 2. The summed E-state index contributed by atoms with van der Waals surface area (Å²) in [5.74, 6) is -0.196. The predicted octanol–water partition coefficient (Wildman–Crippen LogP) is 2.47. The van der Waals surface area contributed by atoms with E-state index < -0.39 is 11.2 Å². The third-order valence-electron chi connectivity index (χ3n) is 6.37. The van der Waals surface area contributed by atoms with Gasteiger partial charge in [0.2, 0.25) is 5.91 Å². The first-order valence-corrected chi connectivity index (χ1v) is 11.7. The zero-order valence-corrected chi connectivity index (χ0v) is 19.0. The molecule has 2 aromatic carbocycles. The molecule has 8 heteroatoms. The van der Waals surface area contributed by atoms with Gasteiger partial charge in [0.05, 0.1) is 12.9 Å². The normalized spacial score (nSPS) is 13.9. The molecule has 0 unspecified atom stereocenters. The van der Waals surface area contributed by atoms with Gasteiger partial charge in [0.25, 0.3) is 5.56 Å². The van der Waals surface area contributed by atoms with Crippen LogP contribution in [0.4, 0.5) is 0 Å². The minimum atomic E-state index is -0.517. The first-order chi connectivity index (χ1) is 16.6. The first kappa shape index (κ1) is 21.9. The zero-order chi connectivity index (χ0) is 23.5. The molecule has 0 bridgehead atoms. The third-order valence-corrected chi connectivity index (χ3v) is 6.37. The summed E-state index contributed by atoms with van der Waals surface area (Å²) in [5.41, 5.74) is 1.58. The van der Waals surface area contributed by atoms with Gasteiger partial charge in [-0.1, -0.05) is 60.7 Å². The van der Waals surface area contributed by atoms with Crippen molar-refractivity contribution in [2.75, 3.05) is 13.1 Å². The van der Waals surface area contributed by atoms with E-state index in [1.54, 1.807) is 15.8 Å². The van der Waals surface area contributed by atoms with Gasteiger partial charge in [-0.3, -0.25) is 14.2 Å². The summed E-state index contributed by atoms with van der Waals surface area (Å²) in [6, 6.07) is 19.3. The summed E-state index contributed by atoms with van der Waals surface area (Å²) in [4.78, 5) is 46.3. The molecule has 1 saturated heterocycles. The second kappa shape index (κ2) is 9.51.